The first-order valence-electron chi connectivity index (χ1n) is 4.48. The van der Waals surface area contributed by atoms with Crippen LogP contribution in [0.3, 0.4) is 0 Å². The lowest BCUT2D eigenvalue weighted by Gasteiger charge is -2.42. The van der Waals surface area contributed by atoms with Crippen LogP contribution in [0.4, 0.5) is 0 Å². The molecule has 0 aromatic carbocycles. The van der Waals surface area contributed by atoms with E-state index >= 15 is 0 Å². The Labute approximate surface area is 72.4 Å². The number of aliphatic hydroxyl groups is 1. The minimum atomic E-state index is -0.970. The lowest BCUT2D eigenvalue weighted by molar-refractivity contribution is 0.00943. The fraction of sp³-hybridized carbons (Fsp3) is 1.00. The third kappa shape index (κ3) is 2.06. The van der Waals surface area contributed by atoms with Crippen LogP contribution in [0.15, 0.2) is 0 Å². The van der Waals surface area contributed by atoms with E-state index in [4.69, 9.17) is 0 Å². The maximum atomic E-state index is 10.3. The summed E-state index contributed by atoms with van der Waals surface area (Å²) in [4.78, 5) is 0. The summed E-state index contributed by atoms with van der Waals surface area (Å²) >= 11 is 0. The van der Waals surface area contributed by atoms with Crippen molar-refractivity contribution in [3.05, 3.63) is 0 Å². The van der Waals surface area contributed by atoms with Crippen molar-refractivity contribution in [2.45, 2.75) is 52.4 Å². The van der Waals surface area contributed by atoms with Crippen LogP contribution in [-0.4, -0.2) is 19.1 Å². The molecule has 1 nitrogen and oxygen atoms in total. The molecule has 0 aliphatic carbocycles. The largest absolute Gasteiger partial charge is 0.393 e. The second-order valence-corrected chi connectivity index (χ2v) is 7.95. The van der Waals surface area contributed by atoms with E-state index in [1.54, 1.807) is 0 Å². The molecule has 0 saturated heterocycles. The van der Waals surface area contributed by atoms with Crippen molar-refractivity contribution in [2.75, 3.05) is 0 Å². The Kier molecular flexibility index (Phi) is 3.33. The van der Waals surface area contributed by atoms with Gasteiger partial charge in [0, 0.05) is 0 Å². The summed E-state index contributed by atoms with van der Waals surface area (Å²) in [5.41, 5.74) is 0.0438. The fourth-order valence-electron chi connectivity index (χ4n) is 1.80. The van der Waals surface area contributed by atoms with Gasteiger partial charge >= 0.3 is 0 Å². The maximum Gasteiger partial charge on any atom is 0.0698 e. The van der Waals surface area contributed by atoms with Gasteiger partial charge in [0.05, 0.1) is 14.0 Å². The molecule has 0 radical (unpaired) electrons. The van der Waals surface area contributed by atoms with Crippen molar-refractivity contribution in [1.82, 2.24) is 0 Å². The molecule has 0 aromatic heterocycles. The molecule has 2 heteroatoms. The minimum Gasteiger partial charge on any atom is -0.393 e. The topological polar surface area (TPSA) is 20.2 Å². The quantitative estimate of drug-likeness (QED) is 0.636. The lowest BCUT2D eigenvalue weighted by Crippen LogP contribution is -2.52. The molecule has 0 saturated carbocycles. The van der Waals surface area contributed by atoms with Crippen molar-refractivity contribution < 1.29 is 5.11 Å². The van der Waals surface area contributed by atoms with E-state index in [1.807, 2.05) is 0 Å². The van der Waals surface area contributed by atoms with E-state index in [0.717, 1.165) is 6.42 Å². The lowest BCUT2D eigenvalue weighted by atomic mass is 9.86. The molecule has 1 atom stereocenters. The van der Waals surface area contributed by atoms with Gasteiger partial charge in [0.15, 0.2) is 0 Å². The summed E-state index contributed by atoms with van der Waals surface area (Å²) in [5, 5.41) is 9.91. The summed E-state index contributed by atoms with van der Waals surface area (Å²) in [5.74, 6) is 0. The van der Waals surface area contributed by atoms with E-state index in [0.29, 0.717) is 0 Å². The van der Waals surface area contributed by atoms with E-state index in [-0.39, 0.29) is 10.6 Å². The van der Waals surface area contributed by atoms with Gasteiger partial charge in [0.25, 0.3) is 0 Å². The van der Waals surface area contributed by atoms with Crippen LogP contribution in [-0.2, 0) is 0 Å². The van der Waals surface area contributed by atoms with Crippen molar-refractivity contribution in [3.63, 3.8) is 0 Å². The zero-order chi connectivity index (χ0) is 9.28. The summed E-state index contributed by atoms with van der Waals surface area (Å²) in [6.07, 6.45) is 0.889. The van der Waals surface area contributed by atoms with Gasteiger partial charge in [-0.2, -0.15) is 0 Å². The Morgan fingerprint density at radius 3 is 1.55 bits per heavy atom. The maximum absolute atomic E-state index is 10.3. The Balaban J connectivity index is 4.61. The van der Waals surface area contributed by atoms with Crippen LogP contribution >= 0.6 is 0 Å². The second-order valence-electron chi connectivity index (χ2n) is 4.68. The molecule has 11 heavy (non-hydrogen) atoms. The first-order valence-corrected chi connectivity index (χ1v) is 7.36. The van der Waals surface area contributed by atoms with Crippen LogP contribution in [0.2, 0.25) is 13.1 Å². The Morgan fingerprint density at radius 1 is 1.18 bits per heavy atom. The van der Waals surface area contributed by atoms with Crippen molar-refractivity contribution in [2.24, 2.45) is 5.41 Å². The smallest absolute Gasteiger partial charge is 0.0698 e. The molecule has 0 aliphatic rings. The highest BCUT2D eigenvalue weighted by atomic mass is 28.3. The predicted molar refractivity (Wildman–Crippen MR) is 53.6 cm³/mol. The van der Waals surface area contributed by atoms with Gasteiger partial charge in [-0.1, -0.05) is 40.8 Å². The molecule has 1 unspecified atom stereocenters. The SMILES string of the molecule is CCC(O)([SiH](C)C)C(C)(C)C. The first-order chi connectivity index (χ1) is 4.75. The number of hydrogen-bond donors (Lipinski definition) is 1. The van der Waals surface area contributed by atoms with Gasteiger partial charge in [-0.3, -0.25) is 0 Å². The number of rotatable bonds is 2. The van der Waals surface area contributed by atoms with E-state index in [2.05, 4.69) is 40.8 Å². The fourth-order valence-corrected chi connectivity index (χ4v) is 4.35. The average Bonchev–Trinajstić information content (AvgIpc) is 1.83. The van der Waals surface area contributed by atoms with E-state index < -0.39 is 8.80 Å². The van der Waals surface area contributed by atoms with Crippen LogP contribution in [0.1, 0.15) is 34.1 Å². The molecular weight excluding hydrogens is 152 g/mol. The normalized spacial score (nSPS) is 18.5. The van der Waals surface area contributed by atoms with Crippen LogP contribution < -0.4 is 0 Å². The monoisotopic (exact) mass is 174 g/mol. The molecule has 0 amide bonds. The predicted octanol–water partition coefficient (Wildman–Crippen LogP) is 2.20. The van der Waals surface area contributed by atoms with Gasteiger partial charge in [-0.15, -0.1) is 0 Å². The first kappa shape index (κ1) is 11.2. The summed E-state index contributed by atoms with van der Waals surface area (Å²) in [6.45, 7) is 12.9. The van der Waals surface area contributed by atoms with Crippen molar-refractivity contribution in [3.8, 4) is 0 Å². The molecule has 0 fully saturated rings. The average molecular weight is 174 g/mol. The van der Waals surface area contributed by atoms with Crippen molar-refractivity contribution >= 4 is 8.80 Å². The highest BCUT2D eigenvalue weighted by molar-refractivity contribution is 6.59. The molecular formula is C9H22OSi. The molecule has 1 N–H and O–H groups in total. The van der Waals surface area contributed by atoms with Crippen LogP contribution in [0.5, 0.6) is 0 Å². The number of hydrogen-bond acceptors (Lipinski definition) is 1. The Morgan fingerprint density at radius 2 is 1.55 bits per heavy atom. The van der Waals surface area contributed by atoms with Crippen LogP contribution in [0, 0.1) is 5.41 Å². The summed E-state index contributed by atoms with van der Waals surface area (Å²) in [6, 6.07) is 0. The molecule has 0 spiro atoms. The van der Waals surface area contributed by atoms with Crippen LogP contribution in [0.25, 0.3) is 0 Å². The summed E-state index contributed by atoms with van der Waals surface area (Å²) < 4.78 is 0. The van der Waals surface area contributed by atoms with E-state index in [1.165, 1.54) is 0 Å². The van der Waals surface area contributed by atoms with Gasteiger partial charge < -0.3 is 5.11 Å². The molecule has 0 heterocycles. The van der Waals surface area contributed by atoms with Gasteiger partial charge in [0.2, 0.25) is 0 Å². The third-order valence-corrected chi connectivity index (χ3v) is 5.98. The third-order valence-electron chi connectivity index (χ3n) is 2.79. The van der Waals surface area contributed by atoms with Gasteiger partial charge in [-0.25, -0.2) is 0 Å². The Hall–Kier alpha value is 0.177. The van der Waals surface area contributed by atoms with Crippen molar-refractivity contribution in [1.29, 1.82) is 0 Å². The Bertz CT molecular complexity index is 126. The second kappa shape index (κ2) is 3.28. The molecule has 68 valence electrons. The zero-order valence-electron chi connectivity index (χ0n) is 8.73. The molecule has 0 aromatic rings. The minimum absolute atomic E-state index is 0.0438. The van der Waals surface area contributed by atoms with Gasteiger partial charge in [0.1, 0.15) is 0 Å². The van der Waals surface area contributed by atoms with E-state index in [9.17, 15) is 5.11 Å². The zero-order valence-corrected chi connectivity index (χ0v) is 9.89. The van der Waals surface area contributed by atoms with Gasteiger partial charge in [-0.05, 0) is 11.8 Å². The molecule has 0 rings (SSSR count). The highest BCUT2D eigenvalue weighted by Crippen LogP contribution is 2.35. The summed E-state index contributed by atoms with van der Waals surface area (Å²) in [7, 11) is -0.970. The standard InChI is InChI=1S/C9H22OSi/c1-7-9(10,11(5)6)8(2,3)4/h10-11H,7H2,1-6H3. The molecule has 0 bridgehead atoms. The highest BCUT2D eigenvalue weighted by Gasteiger charge is 2.41. The molecule has 0 aliphatic heterocycles.